The Kier molecular flexibility index (Phi) is 6.63. The normalized spacial score (nSPS) is 13.0. The minimum atomic E-state index is 0.335. The Hall–Kier alpha value is -0.0400. The van der Waals surface area contributed by atoms with Gasteiger partial charge in [0.2, 0.25) is 0 Å². The van der Waals surface area contributed by atoms with Gasteiger partial charge >= 0.3 is 0 Å². The summed E-state index contributed by atoms with van der Waals surface area (Å²) >= 11 is 5.64. The highest BCUT2D eigenvalue weighted by Crippen LogP contribution is 2.17. The summed E-state index contributed by atoms with van der Waals surface area (Å²) in [5.41, 5.74) is 0. The minimum Gasteiger partial charge on any atom is -0.293 e. The average Bonchev–Trinajstić information content (AvgIpc) is 1.97. The molecule has 0 aromatic heterocycles. The Morgan fingerprint density at radius 1 is 1.27 bits per heavy atom. The third-order valence-electron chi connectivity index (χ3n) is 1.90. The highest BCUT2D eigenvalue weighted by atomic mass is 35.5. The molecule has 1 atom stereocenters. The lowest BCUT2D eigenvalue weighted by molar-refractivity contribution is 0.542. The van der Waals surface area contributed by atoms with Crippen molar-refractivity contribution in [1.82, 2.24) is 0 Å². The molecule has 0 amide bonds. The zero-order chi connectivity index (χ0) is 8.69. The number of rotatable bonds is 6. The number of nitrogens with one attached hydrogen (secondary N) is 1. The molecule has 11 heavy (non-hydrogen) atoms. The van der Waals surface area contributed by atoms with Gasteiger partial charge in [-0.15, -0.1) is 0 Å². The van der Waals surface area contributed by atoms with Crippen LogP contribution >= 0.6 is 11.6 Å². The first kappa shape index (κ1) is 11.0. The Morgan fingerprint density at radius 3 is 2.27 bits per heavy atom. The molecule has 0 saturated carbocycles. The second-order valence-electron chi connectivity index (χ2n) is 2.98. The largest absolute Gasteiger partial charge is 0.293 e. The van der Waals surface area contributed by atoms with Crippen LogP contribution in [0.4, 0.5) is 0 Å². The molecule has 1 unspecified atom stereocenters. The molecule has 0 heterocycles. The molecule has 1 nitrogen and oxygen atoms in total. The Bertz CT molecular complexity index is 112. The van der Waals surface area contributed by atoms with E-state index in [1.165, 1.54) is 12.8 Å². The van der Waals surface area contributed by atoms with Gasteiger partial charge in [0.1, 0.15) is 0 Å². The lowest BCUT2D eigenvalue weighted by atomic mass is 9.98. The fraction of sp³-hybridized carbons (Fsp3) is 0.889. The van der Waals surface area contributed by atoms with Gasteiger partial charge in [-0.3, -0.25) is 5.41 Å². The van der Waals surface area contributed by atoms with Gasteiger partial charge in [0, 0.05) is 5.92 Å². The summed E-state index contributed by atoms with van der Waals surface area (Å²) in [5.74, 6) is 0.335. The molecule has 0 aromatic carbocycles. The van der Waals surface area contributed by atoms with Crippen LogP contribution in [-0.2, 0) is 0 Å². The molecular formula is C9H18ClN. The smallest absolute Gasteiger partial charge is 0.1000 e. The van der Waals surface area contributed by atoms with Crippen LogP contribution in [0.3, 0.4) is 0 Å². The summed E-state index contributed by atoms with van der Waals surface area (Å²) < 4.78 is 0. The van der Waals surface area contributed by atoms with Crippen LogP contribution in [0.1, 0.15) is 46.0 Å². The van der Waals surface area contributed by atoms with Crippen molar-refractivity contribution in [3.8, 4) is 0 Å². The highest BCUT2D eigenvalue weighted by molar-refractivity contribution is 6.64. The van der Waals surface area contributed by atoms with E-state index in [1.54, 1.807) is 0 Å². The Balaban J connectivity index is 3.60. The molecule has 0 spiro atoms. The third-order valence-corrected chi connectivity index (χ3v) is 2.21. The van der Waals surface area contributed by atoms with Crippen molar-refractivity contribution in [3.63, 3.8) is 0 Å². The van der Waals surface area contributed by atoms with Crippen LogP contribution in [0.25, 0.3) is 0 Å². The maximum atomic E-state index is 7.30. The fourth-order valence-corrected chi connectivity index (χ4v) is 1.41. The lowest BCUT2D eigenvalue weighted by Gasteiger charge is -2.11. The van der Waals surface area contributed by atoms with E-state index < -0.39 is 0 Å². The van der Waals surface area contributed by atoms with Crippen LogP contribution < -0.4 is 0 Å². The van der Waals surface area contributed by atoms with Crippen molar-refractivity contribution in [2.75, 3.05) is 0 Å². The van der Waals surface area contributed by atoms with E-state index in [1.807, 2.05) is 0 Å². The predicted molar refractivity (Wildman–Crippen MR) is 51.5 cm³/mol. The van der Waals surface area contributed by atoms with Crippen LogP contribution in [0, 0.1) is 11.3 Å². The monoisotopic (exact) mass is 175 g/mol. The quantitative estimate of drug-likeness (QED) is 0.594. The van der Waals surface area contributed by atoms with Gasteiger partial charge in [0.25, 0.3) is 0 Å². The van der Waals surface area contributed by atoms with Crippen molar-refractivity contribution in [3.05, 3.63) is 0 Å². The van der Waals surface area contributed by atoms with Gasteiger partial charge in [-0.05, 0) is 12.8 Å². The van der Waals surface area contributed by atoms with Crippen LogP contribution in [0.2, 0.25) is 0 Å². The van der Waals surface area contributed by atoms with E-state index in [0.29, 0.717) is 11.1 Å². The molecular weight excluding hydrogens is 158 g/mol. The third kappa shape index (κ3) is 5.25. The fourth-order valence-electron chi connectivity index (χ4n) is 1.20. The molecule has 0 saturated heterocycles. The zero-order valence-electron chi connectivity index (χ0n) is 7.49. The zero-order valence-corrected chi connectivity index (χ0v) is 8.25. The van der Waals surface area contributed by atoms with Gasteiger partial charge < -0.3 is 0 Å². The van der Waals surface area contributed by atoms with Gasteiger partial charge in [0.05, 0.1) is 5.17 Å². The second-order valence-corrected chi connectivity index (χ2v) is 3.38. The van der Waals surface area contributed by atoms with Crippen LogP contribution in [0.15, 0.2) is 0 Å². The molecule has 2 heteroatoms. The number of hydrogen-bond donors (Lipinski definition) is 1. The van der Waals surface area contributed by atoms with Crippen molar-refractivity contribution < 1.29 is 0 Å². The molecule has 0 aliphatic rings. The first-order valence-electron chi connectivity index (χ1n) is 4.46. The number of unbranched alkanes of at least 4 members (excludes halogenated alkanes) is 1. The molecule has 0 aliphatic heterocycles. The summed E-state index contributed by atoms with van der Waals surface area (Å²) in [6, 6.07) is 0. The molecule has 0 radical (unpaired) electrons. The van der Waals surface area contributed by atoms with Gasteiger partial charge in [-0.2, -0.15) is 0 Å². The number of halogens is 1. The first-order chi connectivity index (χ1) is 5.22. The molecule has 0 fully saturated rings. The first-order valence-corrected chi connectivity index (χ1v) is 4.84. The maximum Gasteiger partial charge on any atom is 0.1000 e. The van der Waals surface area contributed by atoms with E-state index in [9.17, 15) is 0 Å². The summed E-state index contributed by atoms with van der Waals surface area (Å²) in [6.07, 6.45) is 5.68. The standard InChI is InChI=1S/C9H18ClN/c1-3-5-7-8(6-4-2)9(10)11/h8,11H,3-7H2,1-2H3. The van der Waals surface area contributed by atoms with Crippen LogP contribution in [0.5, 0.6) is 0 Å². The van der Waals surface area contributed by atoms with Crippen LogP contribution in [-0.4, -0.2) is 5.17 Å². The van der Waals surface area contributed by atoms with Crippen molar-refractivity contribution in [2.45, 2.75) is 46.0 Å². The van der Waals surface area contributed by atoms with E-state index in [0.717, 1.165) is 19.3 Å². The average molecular weight is 176 g/mol. The topological polar surface area (TPSA) is 23.9 Å². The lowest BCUT2D eigenvalue weighted by Crippen LogP contribution is -2.07. The Labute approximate surface area is 74.6 Å². The van der Waals surface area contributed by atoms with Gasteiger partial charge in [0.15, 0.2) is 0 Å². The second kappa shape index (κ2) is 6.66. The summed E-state index contributed by atoms with van der Waals surface area (Å²) in [4.78, 5) is 0. The summed E-state index contributed by atoms with van der Waals surface area (Å²) in [5, 5.41) is 7.65. The van der Waals surface area contributed by atoms with E-state index >= 15 is 0 Å². The van der Waals surface area contributed by atoms with Crippen molar-refractivity contribution in [2.24, 2.45) is 5.92 Å². The minimum absolute atomic E-state index is 0.335. The molecule has 66 valence electrons. The SMILES string of the molecule is CCCCC(CCC)C(=N)Cl. The molecule has 1 N–H and O–H groups in total. The number of hydrogen-bond acceptors (Lipinski definition) is 1. The summed E-state index contributed by atoms with van der Waals surface area (Å²) in [6.45, 7) is 4.31. The van der Waals surface area contributed by atoms with E-state index in [2.05, 4.69) is 13.8 Å². The molecule has 0 aromatic rings. The highest BCUT2D eigenvalue weighted by Gasteiger charge is 2.10. The molecule has 0 bridgehead atoms. The Morgan fingerprint density at radius 2 is 1.91 bits per heavy atom. The van der Waals surface area contributed by atoms with Crippen molar-refractivity contribution in [1.29, 1.82) is 5.41 Å². The van der Waals surface area contributed by atoms with E-state index in [-0.39, 0.29) is 0 Å². The summed E-state index contributed by atoms with van der Waals surface area (Å²) in [7, 11) is 0. The maximum absolute atomic E-state index is 7.30. The molecule has 0 aliphatic carbocycles. The van der Waals surface area contributed by atoms with Gasteiger partial charge in [-0.1, -0.05) is 44.7 Å². The van der Waals surface area contributed by atoms with Crippen molar-refractivity contribution >= 4 is 16.8 Å². The van der Waals surface area contributed by atoms with E-state index in [4.69, 9.17) is 17.0 Å². The predicted octanol–water partition coefficient (Wildman–Crippen LogP) is 3.81. The van der Waals surface area contributed by atoms with Gasteiger partial charge in [-0.25, -0.2) is 0 Å². The molecule has 0 rings (SSSR count).